The van der Waals surface area contributed by atoms with Gasteiger partial charge in [-0.15, -0.1) is 0 Å². The second-order valence-corrected chi connectivity index (χ2v) is 5.98. The molecule has 2 N–H and O–H groups in total. The van der Waals surface area contributed by atoms with E-state index in [0.29, 0.717) is 18.8 Å². The number of benzene rings is 1. The summed E-state index contributed by atoms with van der Waals surface area (Å²) in [6, 6.07) is 14.9. The minimum atomic E-state index is -0.233. The van der Waals surface area contributed by atoms with Crippen LogP contribution in [0.4, 0.5) is 5.69 Å². The lowest BCUT2D eigenvalue weighted by atomic mass is 10.2. The van der Waals surface area contributed by atoms with Gasteiger partial charge in [0.15, 0.2) is 11.5 Å². The summed E-state index contributed by atoms with van der Waals surface area (Å²) in [4.78, 5) is 20.6. The molecule has 0 radical (unpaired) electrons. The Morgan fingerprint density at radius 1 is 1.00 bits per heavy atom. The predicted octanol–water partition coefficient (Wildman–Crippen LogP) is 2.75. The summed E-state index contributed by atoms with van der Waals surface area (Å²) in [6.07, 6.45) is 3.34. The van der Waals surface area contributed by atoms with E-state index in [1.165, 1.54) is 0 Å². The fraction of sp³-hybridized carbons (Fsp3) is 0.150. The zero-order chi connectivity index (χ0) is 18.5. The molecular weight excluding hydrogens is 344 g/mol. The van der Waals surface area contributed by atoms with Crippen LogP contribution < -0.4 is 20.1 Å². The van der Waals surface area contributed by atoms with E-state index < -0.39 is 0 Å². The Bertz CT molecular complexity index is 930. The standard InChI is InChI=1S/C20H18N4O3/c25-20(24-12-15-3-1-2-8-21-15)17-6-5-16(11-23-17)22-10-14-4-7-18-19(9-14)27-13-26-18/h1-9,11,22H,10,12-13H2,(H,24,25). The lowest BCUT2D eigenvalue weighted by molar-refractivity contribution is 0.0945. The van der Waals surface area contributed by atoms with Crippen LogP contribution in [0.5, 0.6) is 11.5 Å². The third-order valence-electron chi connectivity index (χ3n) is 4.09. The largest absolute Gasteiger partial charge is 0.454 e. The Morgan fingerprint density at radius 3 is 2.74 bits per heavy atom. The van der Waals surface area contributed by atoms with Crippen LogP contribution in [-0.2, 0) is 13.1 Å². The summed E-state index contributed by atoms with van der Waals surface area (Å²) in [5, 5.41) is 6.08. The monoisotopic (exact) mass is 362 g/mol. The van der Waals surface area contributed by atoms with E-state index in [-0.39, 0.29) is 12.7 Å². The highest BCUT2D eigenvalue weighted by atomic mass is 16.7. The summed E-state index contributed by atoms with van der Waals surface area (Å²) in [5.41, 5.74) is 3.05. The number of fused-ring (bicyclic) bond motifs is 1. The summed E-state index contributed by atoms with van der Waals surface area (Å²) in [6.45, 7) is 1.25. The number of carbonyl (C=O) groups excluding carboxylic acids is 1. The zero-order valence-electron chi connectivity index (χ0n) is 14.5. The van der Waals surface area contributed by atoms with E-state index in [9.17, 15) is 4.79 Å². The summed E-state index contributed by atoms with van der Waals surface area (Å²) >= 11 is 0. The number of hydrogen-bond acceptors (Lipinski definition) is 6. The van der Waals surface area contributed by atoms with Gasteiger partial charge in [0, 0.05) is 12.7 Å². The Hall–Kier alpha value is -3.61. The van der Waals surface area contributed by atoms with Crippen LogP contribution in [0.15, 0.2) is 60.9 Å². The molecule has 2 aromatic heterocycles. The molecule has 7 nitrogen and oxygen atoms in total. The average molecular weight is 362 g/mol. The number of nitrogens with one attached hydrogen (secondary N) is 2. The van der Waals surface area contributed by atoms with Crippen LogP contribution in [0, 0.1) is 0 Å². The molecule has 0 saturated carbocycles. The SMILES string of the molecule is O=C(NCc1ccccn1)c1ccc(NCc2ccc3c(c2)OCO3)cn1. The highest BCUT2D eigenvalue weighted by Crippen LogP contribution is 2.32. The van der Waals surface area contributed by atoms with Crippen molar-refractivity contribution in [3.05, 3.63) is 77.9 Å². The van der Waals surface area contributed by atoms with E-state index in [1.807, 2.05) is 42.5 Å². The van der Waals surface area contributed by atoms with E-state index in [2.05, 4.69) is 20.6 Å². The van der Waals surface area contributed by atoms with E-state index in [4.69, 9.17) is 9.47 Å². The van der Waals surface area contributed by atoms with Crippen molar-refractivity contribution in [2.75, 3.05) is 12.1 Å². The summed E-state index contributed by atoms with van der Waals surface area (Å²) in [7, 11) is 0. The first-order valence-corrected chi connectivity index (χ1v) is 8.54. The number of nitrogens with zero attached hydrogens (tertiary/aromatic N) is 2. The average Bonchev–Trinajstić information content (AvgIpc) is 3.19. The maximum atomic E-state index is 12.2. The van der Waals surface area contributed by atoms with Gasteiger partial charge in [0.2, 0.25) is 6.79 Å². The van der Waals surface area contributed by atoms with Gasteiger partial charge in [-0.25, -0.2) is 4.98 Å². The molecule has 3 aromatic rings. The van der Waals surface area contributed by atoms with Crippen LogP contribution in [0.3, 0.4) is 0 Å². The summed E-state index contributed by atoms with van der Waals surface area (Å²) < 4.78 is 10.7. The van der Waals surface area contributed by atoms with Crippen molar-refractivity contribution in [1.29, 1.82) is 0 Å². The van der Waals surface area contributed by atoms with E-state index in [1.54, 1.807) is 18.5 Å². The molecule has 3 heterocycles. The second kappa shape index (κ2) is 7.74. The van der Waals surface area contributed by atoms with Gasteiger partial charge in [0.05, 0.1) is 24.1 Å². The van der Waals surface area contributed by atoms with Crippen molar-refractivity contribution in [1.82, 2.24) is 15.3 Å². The molecule has 1 amide bonds. The first-order valence-electron chi connectivity index (χ1n) is 8.54. The van der Waals surface area contributed by atoms with Gasteiger partial charge in [-0.2, -0.15) is 0 Å². The fourth-order valence-electron chi connectivity index (χ4n) is 2.65. The number of rotatable bonds is 6. The van der Waals surface area contributed by atoms with Gasteiger partial charge >= 0.3 is 0 Å². The number of amides is 1. The molecule has 1 aromatic carbocycles. The highest BCUT2D eigenvalue weighted by Gasteiger charge is 2.13. The normalized spacial score (nSPS) is 11.9. The zero-order valence-corrected chi connectivity index (χ0v) is 14.5. The Balaban J connectivity index is 1.31. The van der Waals surface area contributed by atoms with Crippen molar-refractivity contribution in [2.45, 2.75) is 13.1 Å². The molecule has 1 aliphatic heterocycles. The third kappa shape index (κ3) is 4.14. The van der Waals surface area contributed by atoms with Crippen molar-refractivity contribution < 1.29 is 14.3 Å². The van der Waals surface area contributed by atoms with E-state index >= 15 is 0 Å². The highest BCUT2D eigenvalue weighted by molar-refractivity contribution is 5.92. The number of pyridine rings is 2. The Morgan fingerprint density at radius 2 is 1.93 bits per heavy atom. The number of carbonyl (C=O) groups is 1. The van der Waals surface area contributed by atoms with Crippen molar-refractivity contribution >= 4 is 11.6 Å². The number of ether oxygens (including phenoxy) is 2. The maximum absolute atomic E-state index is 12.2. The second-order valence-electron chi connectivity index (χ2n) is 5.98. The van der Waals surface area contributed by atoms with Gasteiger partial charge in [-0.3, -0.25) is 9.78 Å². The topological polar surface area (TPSA) is 85.4 Å². The van der Waals surface area contributed by atoms with Gasteiger partial charge in [0.25, 0.3) is 5.91 Å². The number of hydrogen-bond donors (Lipinski definition) is 2. The molecule has 1 aliphatic rings. The molecule has 7 heteroatoms. The van der Waals surface area contributed by atoms with Gasteiger partial charge in [-0.05, 0) is 42.0 Å². The van der Waals surface area contributed by atoms with Crippen LogP contribution in [0.25, 0.3) is 0 Å². The minimum Gasteiger partial charge on any atom is -0.454 e. The van der Waals surface area contributed by atoms with Crippen LogP contribution in [0.1, 0.15) is 21.7 Å². The number of anilines is 1. The first-order chi connectivity index (χ1) is 13.3. The van der Waals surface area contributed by atoms with Crippen molar-refractivity contribution in [2.24, 2.45) is 0 Å². The molecule has 27 heavy (non-hydrogen) atoms. The first kappa shape index (κ1) is 16.8. The molecule has 0 saturated heterocycles. The number of aromatic nitrogens is 2. The molecular formula is C20H18N4O3. The lowest BCUT2D eigenvalue weighted by Gasteiger charge is -2.08. The minimum absolute atomic E-state index is 0.233. The molecule has 0 aliphatic carbocycles. The van der Waals surface area contributed by atoms with Gasteiger partial charge in [0.1, 0.15) is 5.69 Å². The van der Waals surface area contributed by atoms with Crippen molar-refractivity contribution in [3.63, 3.8) is 0 Å². The van der Waals surface area contributed by atoms with E-state index in [0.717, 1.165) is 28.4 Å². The van der Waals surface area contributed by atoms with Crippen LogP contribution in [0.2, 0.25) is 0 Å². The maximum Gasteiger partial charge on any atom is 0.270 e. The third-order valence-corrected chi connectivity index (χ3v) is 4.09. The smallest absolute Gasteiger partial charge is 0.270 e. The van der Waals surface area contributed by atoms with Crippen LogP contribution in [-0.4, -0.2) is 22.7 Å². The molecule has 136 valence electrons. The lowest BCUT2D eigenvalue weighted by Crippen LogP contribution is -2.24. The quantitative estimate of drug-likeness (QED) is 0.701. The molecule has 0 spiro atoms. The molecule has 0 bridgehead atoms. The Labute approximate surface area is 156 Å². The van der Waals surface area contributed by atoms with Crippen LogP contribution >= 0.6 is 0 Å². The molecule has 4 rings (SSSR count). The molecule has 0 unspecified atom stereocenters. The predicted molar refractivity (Wildman–Crippen MR) is 99.5 cm³/mol. The molecule has 0 fully saturated rings. The fourth-order valence-corrected chi connectivity index (χ4v) is 2.65. The van der Waals surface area contributed by atoms with Gasteiger partial charge < -0.3 is 20.1 Å². The molecule has 0 atom stereocenters. The Kier molecular flexibility index (Phi) is 4.82. The van der Waals surface area contributed by atoms with Crippen molar-refractivity contribution in [3.8, 4) is 11.5 Å². The van der Waals surface area contributed by atoms with Gasteiger partial charge in [-0.1, -0.05) is 12.1 Å². The summed E-state index contributed by atoms with van der Waals surface area (Å²) in [5.74, 6) is 1.29.